The van der Waals surface area contributed by atoms with Gasteiger partial charge in [-0.2, -0.15) is 11.8 Å². The summed E-state index contributed by atoms with van der Waals surface area (Å²) in [6, 6.07) is 5.89. The predicted octanol–water partition coefficient (Wildman–Crippen LogP) is 2.50. The summed E-state index contributed by atoms with van der Waals surface area (Å²) in [5, 5.41) is 9.39. The zero-order valence-corrected chi connectivity index (χ0v) is 11.7. The van der Waals surface area contributed by atoms with Gasteiger partial charge >= 0.3 is 0 Å². The van der Waals surface area contributed by atoms with Crippen LogP contribution in [0.5, 0.6) is 11.5 Å². The molecular weight excluding hydrogens is 248 g/mol. The molecule has 4 heteroatoms. The van der Waals surface area contributed by atoms with E-state index in [1.54, 1.807) is 14.0 Å². The van der Waals surface area contributed by atoms with Gasteiger partial charge in [0.25, 0.3) is 0 Å². The van der Waals surface area contributed by atoms with Crippen LogP contribution in [0.4, 0.5) is 0 Å². The maximum absolute atomic E-state index is 9.39. The van der Waals surface area contributed by atoms with Crippen molar-refractivity contribution >= 4 is 11.8 Å². The molecule has 1 saturated heterocycles. The molecule has 18 heavy (non-hydrogen) atoms. The van der Waals surface area contributed by atoms with Crippen LogP contribution in [-0.4, -0.2) is 35.9 Å². The Morgan fingerprint density at radius 3 is 2.89 bits per heavy atom. The van der Waals surface area contributed by atoms with Crippen LogP contribution in [-0.2, 0) is 6.42 Å². The number of thioether (sulfide) groups is 1. The van der Waals surface area contributed by atoms with E-state index in [2.05, 4.69) is 0 Å². The Morgan fingerprint density at radius 2 is 2.28 bits per heavy atom. The molecule has 0 radical (unpaired) electrons. The van der Waals surface area contributed by atoms with Crippen LogP contribution in [0.1, 0.15) is 18.9 Å². The van der Waals surface area contributed by atoms with Gasteiger partial charge in [0, 0.05) is 5.75 Å². The number of aliphatic hydroxyl groups excluding tert-OH is 1. The first-order valence-corrected chi connectivity index (χ1v) is 7.44. The van der Waals surface area contributed by atoms with Gasteiger partial charge in [-0.1, -0.05) is 6.07 Å². The summed E-state index contributed by atoms with van der Waals surface area (Å²) >= 11 is 1.93. The van der Waals surface area contributed by atoms with Crippen molar-refractivity contribution in [1.29, 1.82) is 0 Å². The van der Waals surface area contributed by atoms with E-state index in [0.29, 0.717) is 12.5 Å². The van der Waals surface area contributed by atoms with E-state index in [0.717, 1.165) is 29.2 Å². The molecule has 1 N–H and O–H groups in total. The van der Waals surface area contributed by atoms with E-state index in [9.17, 15) is 5.11 Å². The van der Waals surface area contributed by atoms with Crippen molar-refractivity contribution in [2.45, 2.75) is 32.0 Å². The molecule has 1 aliphatic rings. The Hall–Kier alpha value is -0.870. The van der Waals surface area contributed by atoms with Crippen LogP contribution in [0.2, 0.25) is 0 Å². The average molecular weight is 268 g/mol. The third kappa shape index (κ3) is 3.56. The van der Waals surface area contributed by atoms with E-state index in [1.807, 2.05) is 30.0 Å². The van der Waals surface area contributed by atoms with Crippen LogP contribution < -0.4 is 9.47 Å². The minimum Gasteiger partial charge on any atom is -0.493 e. The van der Waals surface area contributed by atoms with Crippen molar-refractivity contribution in [3.05, 3.63) is 23.8 Å². The van der Waals surface area contributed by atoms with Crippen LogP contribution in [0, 0.1) is 0 Å². The molecule has 0 spiro atoms. The van der Waals surface area contributed by atoms with Crippen molar-refractivity contribution in [3.63, 3.8) is 0 Å². The molecule has 2 atom stereocenters. The quantitative estimate of drug-likeness (QED) is 0.890. The van der Waals surface area contributed by atoms with E-state index < -0.39 is 0 Å². The fraction of sp³-hybridized carbons (Fsp3) is 0.571. The maximum atomic E-state index is 9.39. The normalized spacial score (nSPS) is 20.7. The first kappa shape index (κ1) is 13.6. The van der Waals surface area contributed by atoms with Gasteiger partial charge in [0.1, 0.15) is 6.10 Å². The fourth-order valence-corrected chi connectivity index (χ4v) is 3.16. The third-order valence-corrected chi connectivity index (χ3v) is 4.07. The summed E-state index contributed by atoms with van der Waals surface area (Å²) in [6.07, 6.45) is 1.69. The highest BCUT2D eigenvalue weighted by Gasteiger charge is 2.19. The molecule has 0 bridgehead atoms. The van der Waals surface area contributed by atoms with Crippen molar-refractivity contribution in [2.75, 3.05) is 18.6 Å². The van der Waals surface area contributed by atoms with E-state index in [-0.39, 0.29) is 6.10 Å². The lowest BCUT2D eigenvalue weighted by Crippen LogP contribution is -2.15. The second-order valence-electron chi connectivity index (χ2n) is 4.64. The topological polar surface area (TPSA) is 38.7 Å². The van der Waals surface area contributed by atoms with Crippen molar-refractivity contribution in [1.82, 2.24) is 0 Å². The fourth-order valence-electron chi connectivity index (χ4n) is 2.06. The monoisotopic (exact) mass is 268 g/mol. The van der Waals surface area contributed by atoms with Crippen molar-refractivity contribution in [3.8, 4) is 11.5 Å². The Balaban J connectivity index is 2.09. The molecule has 2 unspecified atom stereocenters. The largest absolute Gasteiger partial charge is 0.493 e. The number of hydrogen-bond donors (Lipinski definition) is 1. The zero-order valence-electron chi connectivity index (χ0n) is 10.9. The van der Waals surface area contributed by atoms with Gasteiger partial charge in [-0.05, 0) is 43.2 Å². The second-order valence-corrected chi connectivity index (χ2v) is 5.79. The van der Waals surface area contributed by atoms with Crippen LogP contribution in [0.25, 0.3) is 0 Å². The molecule has 0 saturated carbocycles. The molecule has 1 aromatic rings. The minimum atomic E-state index is -0.340. The van der Waals surface area contributed by atoms with Gasteiger partial charge in [-0.15, -0.1) is 0 Å². The van der Waals surface area contributed by atoms with Gasteiger partial charge in [0.2, 0.25) is 0 Å². The third-order valence-electron chi connectivity index (χ3n) is 2.94. The summed E-state index contributed by atoms with van der Waals surface area (Å²) in [4.78, 5) is 0. The lowest BCUT2D eigenvalue weighted by atomic mass is 10.1. The summed E-state index contributed by atoms with van der Waals surface area (Å²) in [6.45, 7) is 1.78. The van der Waals surface area contributed by atoms with Gasteiger partial charge in [0.15, 0.2) is 11.5 Å². The van der Waals surface area contributed by atoms with Gasteiger partial charge in [-0.3, -0.25) is 0 Å². The summed E-state index contributed by atoms with van der Waals surface area (Å²) in [5.74, 6) is 3.79. The average Bonchev–Trinajstić information content (AvgIpc) is 2.83. The number of methoxy groups -OCH3 is 1. The molecule has 0 amide bonds. The molecular formula is C14H20O3S. The molecule has 1 fully saturated rings. The van der Waals surface area contributed by atoms with E-state index >= 15 is 0 Å². The first-order valence-electron chi connectivity index (χ1n) is 6.28. The van der Waals surface area contributed by atoms with Crippen LogP contribution in [0.15, 0.2) is 18.2 Å². The minimum absolute atomic E-state index is 0.298. The lowest BCUT2D eigenvalue weighted by Gasteiger charge is -2.16. The Morgan fingerprint density at radius 1 is 1.44 bits per heavy atom. The number of aliphatic hydroxyl groups is 1. The molecule has 1 aromatic carbocycles. The van der Waals surface area contributed by atoms with Crippen molar-refractivity contribution < 1.29 is 14.6 Å². The van der Waals surface area contributed by atoms with Crippen LogP contribution in [0.3, 0.4) is 0 Å². The highest BCUT2D eigenvalue weighted by molar-refractivity contribution is 7.99. The number of benzene rings is 1. The predicted molar refractivity (Wildman–Crippen MR) is 74.7 cm³/mol. The second kappa shape index (κ2) is 6.34. The van der Waals surface area contributed by atoms with E-state index in [1.165, 1.54) is 5.75 Å². The Kier molecular flexibility index (Phi) is 4.78. The SMILES string of the molecule is COc1cc(CC(C)O)ccc1OC1CCSC1. The lowest BCUT2D eigenvalue weighted by molar-refractivity contribution is 0.195. The highest BCUT2D eigenvalue weighted by atomic mass is 32.2. The maximum Gasteiger partial charge on any atom is 0.161 e. The van der Waals surface area contributed by atoms with Crippen LogP contribution >= 0.6 is 11.8 Å². The summed E-state index contributed by atoms with van der Waals surface area (Å²) in [7, 11) is 1.65. The molecule has 0 aliphatic carbocycles. The molecule has 100 valence electrons. The number of ether oxygens (including phenoxy) is 2. The van der Waals surface area contributed by atoms with Gasteiger partial charge < -0.3 is 14.6 Å². The summed E-state index contributed by atoms with van der Waals surface area (Å²) < 4.78 is 11.3. The summed E-state index contributed by atoms with van der Waals surface area (Å²) in [5.41, 5.74) is 1.06. The number of hydrogen-bond acceptors (Lipinski definition) is 4. The molecule has 1 heterocycles. The standard InChI is InChI=1S/C14H20O3S/c1-10(15)7-11-3-4-13(14(8-11)16-2)17-12-5-6-18-9-12/h3-4,8,10,12,15H,5-7,9H2,1-2H3. The smallest absolute Gasteiger partial charge is 0.161 e. The first-order chi connectivity index (χ1) is 8.69. The molecule has 2 rings (SSSR count). The number of rotatable bonds is 5. The highest BCUT2D eigenvalue weighted by Crippen LogP contribution is 2.32. The van der Waals surface area contributed by atoms with Gasteiger partial charge in [0.05, 0.1) is 13.2 Å². The van der Waals surface area contributed by atoms with E-state index in [4.69, 9.17) is 9.47 Å². The molecule has 1 aliphatic heterocycles. The Bertz CT molecular complexity index is 387. The molecule has 3 nitrogen and oxygen atoms in total. The zero-order chi connectivity index (χ0) is 13.0. The van der Waals surface area contributed by atoms with Gasteiger partial charge in [-0.25, -0.2) is 0 Å². The van der Waals surface area contributed by atoms with Crippen molar-refractivity contribution in [2.24, 2.45) is 0 Å². The Labute approximate surface area is 112 Å². The molecule has 0 aromatic heterocycles.